The molecule has 1 aliphatic rings. The molecule has 1 aromatic rings. The van der Waals surface area contributed by atoms with Gasteiger partial charge in [0.05, 0.1) is 6.17 Å². The van der Waals surface area contributed by atoms with Gasteiger partial charge >= 0.3 is 0 Å². The van der Waals surface area contributed by atoms with Gasteiger partial charge in [0, 0.05) is 19.0 Å². The predicted octanol–water partition coefficient (Wildman–Crippen LogP) is 1.87. The predicted molar refractivity (Wildman–Crippen MR) is 63.8 cm³/mol. The maximum atomic E-state index is 3.64. The molecule has 0 amide bonds. The Hall–Kier alpha value is -0.860. The summed E-state index contributed by atoms with van der Waals surface area (Å²) in [5.74, 6) is 0. The summed E-state index contributed by atoms with van der Waals surface area (Å²) < 4.78 is 0. The van der Waals surface area contributed by atoms with Gasteiger partial charge in [0.15, 0.2) is 0 Å². The Labute approximate surface area is 92.3 Å². The van der Waals surface area contributed by atoms with E-state index in [0.29, 0.717) is 12.2 Å². The SMILES string of the molecule is CC1CCN(C)C(Cc2ccccc2)N1. The Bertz CT molecular complexity index is 297. The van der Waals surface area contributed by atoms with E-state index in [1.54, 1.807) is 0 Å². The Morgan fingerprint density at radius 1 is 1.33 bits per heavy atom. The fourth-order valence-electron chi connectivity index (χ4n) is 2.14. The molecule has 2 nitrogen and oxygen atoms in total. The van der Waals surface area contributed by atoms with Gasteiger partial charge in [0.1, 0.15) is 0 Å². The lowest BCUT2D eigenvalue weighted by molar-refractivity contribution is 0.138. The van der Waals surface area contributed by atoms with E-state index < -0.39 is 0 Å². The normalized spacial score (nSPS) is 27.9. The number of hydrogen-bond donors (Lipinski definition) is 1. The molecule has 1 aliphatic heterocycles. The van der Waals surface area contributed by atoms with Gasteiger partial charge in [0.25, 0.3) is 0 Å². The second-order valence-corrected chi connectivity index (χ2v) is 4.54. The van der Waals surface area contributed by atoms with Gasteiger partial charge in [-0.2, -0.15) is 0 Å². The lowest BCUT2D eigenvalue weighted by Gasteiger charge is -2.37. The van der Waals surface area contributed by atoms with Crippen molar-refractivity contribution in [3.8, 4) is 0 Å². The number of hydrogen-bond acceptors (Lipinski definition) is 2. The van der Waals surface area contributed by atoms with Crippen LogP contribution in [0, 0.1) is 0 Å². The Kier molecular flexibility index (Phi) is 3.39. The summed E-state index contributed by atoms with van der Waals surface area (Å²) in [6.45, 7) is 3.47. The zero-order valence-corrected chi connectivity index (χ0v) is 9.61. The van der Waals surface area contributed by atoms with Crippen LogP contribution in [0.1, 0.15) is 18.9 Å². The summed E-state index contributed by atoms with van der Waals surface area (Å²) in [5.41, 5.74) is 1.41. The number of nitrogens with one attached hydrogen (secondary N) is 1. The largest absolute Gasteiger partial charge is 0.299 e. The van der Waals surface area contributed by atoms with Crippen molar-refractivity contribution in [2.45, 2.75) is 32.0 Å². The molecule has 2 unspecified atom stereocenters. The Morgan fingerprint density at radius 2 is 2.07 bits per heavy atom. The summed E-state index contributed by atoms with van der Waals surface area (Å²) in [6.07, 6.45) is 2.85. The molecule has 1 N–H and O–H groups in total. The van der Waals surface area contributed by atoms with Crippen LogP contribution in [0.25, 0.3) is 0 Å². The summed E-state index contributed by atoms with van der Waals surface area (Å²) in [6, 6.07) is 11.4. The molecular weight excluding hydrogens is 184 g/mol. The van der Waals surface area contributed by atoms with Gasteiger partial charge in [-0.25, -0.2) is 0 Å². The van der Waals surface area contributed by atoms with E-state index in [1.807, 2.05) is 0 Å². The van der Waals surface area contributed by atoms with Crippen LogP contribution in [0.4, 0.5) is 0 Å². The molecule has 0 aliphatic carbocycles. The lowest BCUT2D eigenvalue weighted by Crippen LogP contribution is -2.54. The fourth-order valence-corrected chi connectivity index (χ4v) is 2.14. The summed E-state index contributed by atoms with van der Waals surface area (Å²) in [5, 5.41) is 3.64. The van der Waals surface area contributed by atoms with E-state index in [1.165, 1.54) is 18.5 Å². The molecule has 2 atom stereocenters. The third-order valence-corrected chi connectivity index (χ3v) is 3.20. The Morgan fingerprint density at radius 3 is 2.80 bits per heavy atom. The molecule has 15 heavy (non-hydrogen) atoms. The van der Waals surface area contributed by atoms with Crippen molar-refractivity contribution in [3.05, 3.63) is 35.9 Å². The first-order valence-corrected chi connectivity index (χ1v) is 5.76. The molecule has 1 aromatic carbocycles. The van der Waals surface area contributed by atoms with Gasteiger partial charge in [-0.05, 0) is 26.0 Å². The highest BCUT2D eigenvalue weighted by atomic mass is 15.3. The average molecular weight is 204 g/mol. The molecule has 0 radical (unpaired) electrons. The van der Waals surface area contributed by atoms with Crippen LogP contribution in [0.3, 0.4) is 0 Å². The van der Waals surface area contributed by atoms with Crippen molar-refractivity contribution in [2.75, 3.05) is 13.6 Å². The monoisotopic (exact) mass is 204 g/mol. The molecule has 2 heteroatoms. The topological polar surface area (TPSA) is 15.3 Å². The summed E-state index contributed by atoms with van der Waals surface area (Å²) in [7, 11) is 2.20. The van der Waals surface area contributed by atoms with Gasteiger partial charge in [0.2, 0.25) is 0 Å². The average Bonchev–Trinajstić information content (AvgIpc) is 2.25. The van der Waals surface area contributed by atoms with Crippen LogP contribution >= 0.6 is 0 Å². The second kappa shape index (κ2) is 4.77. The van der Waals surface area contributed by atoms with E-state index in [9.17, 15) is 0 Å². The number of benzene rings is 1. The third kappa shape index (κ3) is 2.80. The maximum absolute atomic E-state index is 3.64. The van der Waals surface area contributed by atoms with Gasteiger partial charge in [-0.3, -0.25) is 10.2 Å². The fraction of sp³-hybridized carbons (Fsp3) is 0.538. The molecule has 0 bridgehead atoms. The quantitative estimate of drug-likeness (QED) is 0.791. The zero-order valence-electron chi connectivity index (χ0n) is 9.61. The van der Waals surface area contributed by atoms with E-state index in [-0.39, 0.29) is 0 Å². The van der Waals surface area contributed by atoms with Crippen molar-refractivity contribution < 1.29 is 0 Å². The highest BCUT2D eigenvalue weighted by Crippen LogP contribution is 2.12. The van der Waals surface area contributed by atoms with Crippen molar-refractivity contribution >= 4 is 0 Å². The van der Waals surface area contributed by atoms with Crippen molar-refractivity contribution in [2.24, 2.45) is 0 Å². The van der Waals surface area contributed by atoms with E-state index >= 15 is 0 Å². The molecule has 0 spiro atoms. The molecule has 2 rings (SSSR count). The van der Waals surface area contributed by atoms with E-state index in [0.717, 1.165) is 6.42 Å². The summed E-state index contributed by atoms with van der Waals surface area (Å²) in [4.78, 5) is 2.41. The number of rotatable bonds is 2. The van der Waals surface area contributed by atoms with Gasteiger partial charge in [-0.1, -0.05) is 30.3 Å². The third-order valence-electron chi connectivity index (χ3n) is 3.20. The van der Waals surface area contributed by atoms with Crippen molar-refractivity contribution in [1.29, 1.82) is 0 Å². The highest BCUT2D eigenvalue weighted by Gasteiger charge is 2.22. The second-order valence-electron chi connectivity index (χ2n) is 4.54. The maximum Gasteiger partial charge on any atom is 0.0638 e. The standard InChI is InChI=1S/C13H20N2/c1-11-8-9-15(2)13(14-11)10-12-6-4-3-5-7-12/h3-7,11,13-14H,8-10H2,1-2H3. The van der Waals surface area contributed by atoms with Crippen LogP contribution in [-0.2, 0) is 6.42 Å². The molecule has 0 saturated carbocycles. The van der Waals surface area contributed by atoms with Crippen LogP contribution in [0.2, 0.25) is 0 Å². The zero-order chi connectivity index (χ0) is 10.7. The first-order valence-electron chi connectivity index (χ1n) is 5.76. The minimum atomic E-state index is 0.496. The van der Waals surface area contributed by atoms with Crippen molar-refractivity contribution in [1.82, 2.24) is 10.2 Å². The van der Waals surface area contributed by atoms with Crippen LogP contribution in [-0.4, -0.2) is 30.7 Å². The molecule has 1 fully saturated rings. The molecule has 82 valence electrons. The minimum Gasteiger partial charge on any atom is -0.299 e. The van der Waals surface area contributed by atoms with Gasteiger partial charge < -0.3 is 0 Å². The van der Waals surface area contributed by atoms with Crippen LogP contribution < -0.4 is 5.32 Å². The smallest absolute Gasteiger partial charge is 0.0638 e. The van der Waals surface area contributed by atoms with E-state index in [4.69, 9.17) is 0 Å². The first-order chi connectivity index (χ1) is 7.25. The minimum absolute atomic E-state index is 0.496. The Balaban J connectivity index is 1.98. The highest BCUT2D eigenvalue weighted by molar-refractivity contribution is 5.15. The number of likely N-dealkylation sites (N-methyl/N-ethyl adjacent to an activating group) is 1. The first kappa shape index (κ1) is 10.7. The molecule has 1 saturated heterocycles. The molecule has 1 heterocycles. The van der Waals surface area contributed by atoms with Crippen molar-refractivity contribution in [3.63, 3.8) is 0 Å². The summed E-state index contributed by atoms with van der Waals surface area (Å²) >= 11 is 0. The van der Waals surface area contributed by atoms with Gasteiger partial charge in [-0.15, -0.1) is 0 Å². The van der Waals surface area contributed by atoms with Crippen LogP contribution in [0.15, 0.2) is 30.3 Å². The van der Waals surface area contributed by atoms with E-state index in [2.05, 4.69) is 54.5 Å². The molecular formula is C13H20N2. The number of nitrogens with zero attached hydrogens (tertiary/aromatic N) is 1. The van der Waals surface area contributed by atoms with Crippen LogP contribution in [0.5, 0.6) is 0 Å². The molecule has 0 aromatic heterocycles. The lowest BCUT2D eigenvalue weighted by atomic mass is 10.1.